The van der Waals surface area contributed by atoms with E-state index in [9.17, 15) is 0 Å². The molecule has 2 unspecified atom stereocenters. The first-order valence-corrected chi connectivity index (χ1v) is 5.57. The second kappa shape index (κ2) is 4.74. The second-order valence-corrected chi connectivity index (χ2v) is 4.96. The van der Waals surface area contributed by atoms with Gasteiger partial charge in [-0.05, 0) is 45.0 Å². The van der Waals surface area contributed by atoms with Crippen molar-refractivity contribution in [2.45, 2.75) is 31.3 Å². The zero-order valence-corrected chi connectivity index (χ0v) is 11.1. The fraction of sp³-hybridized carbons (Fsp3) is 0.538. The first-order chi connectivity index (χ1) is 7.03. The van der Waals surface area contributed by atoms with E-state index in [-0.39, 0.29) is 17.9 Å². The Balaban J connectivity index is 0.00000128. The van der Waals surface area contributed by atoms with Gasteiger partial charge in [0.15, 0.2) is 0 Å². The molecule has 0 fully saturated rings. The standard InChI is InChI=1S/C13H20N2.ClH/c1-13(14)11-7-5-4-6-10(11)8-9-12(13)15(2)3;/h4-7,12H,8-9,14H2,1-3H3;1H. The Morgan fingerprint density at radius 2 is 1.94 bits per heavy atom. The van der Waals surface area contributed by atoms with Crippen molar-refractivity contribution in [3.8, 4) is 0 Å². The highest BCUT2D eigenvalue weighted by Gasteiger charge is 2.37. The Hall–Kier alpha value is -0.570. The zero-order chi connectivity index (χ0) is 11.1. The number of aryl methyl sites for hydroxylation is 1. The van der Waals surface area contributed by atoms with Crippen molar-refractivity contribution in [2.75, 3.05) is 14.1 Å². The van der Waals surface area contributed by atoms with Crippen molar-refractivity contribution in [3.63, 3.8) is 0 Å². The van der Waals surface area contributed by atoms with Gasteiger partial charge in [-0.1, -0.05) is 24.3 Å². The van der Waals surface area contributed by atoms with Crippen LogP contribution in [0.1, 0.15) is 24.5 Å². The number of hydrogen-bond acceptors (Lipinski definition) is 2. The van der Waals surface area contributed by atoms with Crippen LogP contribution in [0.15, 0.2) is 24.3 Å². The molecule has 0 aliphatic heterocycles. The lowest BCUT2D eigenvalue weighted by molar-refractivity contribution is 0.167. The lowest BCUT2D eigenvalue weighted by Gasteiger charge is -2.43. The molecular formula is C13H21ClN2. The third-order valence-electron chi connectivity index (χ3n) is 3.60. The zero-order valence-electron chi connectivity index (χ0n) is 10.2. The van der Waals surface area contributed by atoms with Crippen molar-refractivity contribution in [1.29, 1.82) is 0 Å². The third kappa shape index (κ3) is 2.10. The van der Waals surface area contributed by atoms with Gasteiger partial charge in [0.05, 0.1) is 5.54 Å². The van der Waals surface area contributed by atoms with Crippen LogP contribution in [0.25, 0.3) is 0 Å². The van der Waals surface area contributed by atoms with Gasteiger partial charge in [0.1, 0.15) is 0 Å². The summed E-state index contributed by atoms with van der Waals surface area (Å²) in [5.41, 5.74) is 9.00. The Morgan fingerprint density at radius 1 is 1.31 bits per heavy atom. The summed E-state index contributed by atoms with van der Waals surface area (Å²) < 4.78 is 0. The van der Waals surface area contributed by atoms with Crippen molar-refractivity contribution in [3.05, 3.63) is 35.4 Å². The highest BCUT2D eigenvalue weighted by molar-refractivity contribution is 5.85. The summed E-state index contributed by atoms with van der Waals surface area (Å²) in [6.07, 6.45) is 2.29. The molecule has 1 aliphatic rings. The number of halogens is 1. The van der Waals surface area contributed by atoms with E-state index >= 15 is 0 Å². The molecule has 0 bridgehead atoms. The molecule has 2 N–H and O–H groups in total. The number of likely N-dealkylation sites (N-methyl/N-ethyl adjacent to an activating group) is 1. The number of hydrogen-bond donors (Lipinski definition) is 1. The molecule has 0 spiro atoms. The predicted molar refractivity (Wildman–Crippen MR) is 71.0 cm³/mol. The maximum absolute atomic E-state index is 6.49. The molecule has 0 radical (unpaired) electrons. The molecule has 0 saturated heterocycles. The largest absolute Gasteiger partial charge is 0.320 e. The van der Waals surface area contributed by atoms with Crippen LogP contribution in [0.3, 0.4) is 0 Å². The van der Waals surface area contributed by atoms with Gasteiger partial charge in [0, 0.05) is 6.04 Å². The summed E-state index contributed by atoms with van der Waals surface area (Å²) in [4.78, 5) is 2.25. The van der Waals surface area contributed by atoms with Crippen LogP contribution < -0.4 is 5.73 Å². The van der Waals surface area contributed by atoms with Crippen LogP contribution in [0.2, 0.25) is 0 Å². The van der Waals surface area contributed by atoms with Crippen LogP contribution in [0.5, 0.6) is 0 Å². The van der Waals surface area contributed by atoms with Gasteiger partial charge in [-0.3, -0.25) is 0 Å². The van der Waals surface area contributed by atoms with E-state index in [1.807, 2.05) is 0 Å². The molecule has 0 saturated carbocycles. The topological polar surface area (TPSA) is 29.3 Å². The summed E-state index contributed by atoms with van der Waals surface area (Å²) in [6.45, 7) is 2.15. The maximum Gasteiger partial charge on any atom is 0.0541 e. The molecule has 3 heteroatoms. The quantitative estimate of drug-likeness (QED) is 0.815. The van der Waals surface area contributed by atoms with E-state index in [1.165, 1.54) is 11.1 Å². The van der Waals surface area contributed by atoms with E-state index < -0.39 is 0 Å². The minimum Gasteiger partial charge on any atom is -0.320 e. The third-order valence-corrected chi connectivity index (χ3v) is 3.60. The summed E-state index contributed by atoms with van der Waals surface area (Å²) >= 11 is 0. The highest BCUT2D eigenvalue weighted by atomic mass is 35.5. The lowest BCUT2D eigenvalue weighted by Crippen LogP contribution is -2.54. The molecule has 0 amide bonds. The molecule has 1 aromatic carbocycles. The van der Waals surface area contributed by atoms with E-state index in [2.05, 4.69) is 50.2 Å². The Bertz CT molecular complexity index is 361. The van der Waals surface area contributed by atoms with E-state index in [1.54, 1.807) is 0 Å². The molecule has 16 heavy (non-hydrogen) atoms. The average Bonchev–Trinajstić information content (AvgIpc) is 2.17. The number of rotatable bonds is 1. The second-order valence-electron chi connectivity index (χ2n) is 4.96. The van der Waals surface area contributed by atoms with Gasteiger partial charge >= 0.3 is 0 Å². The van der Waals surface area contributed by atoms with Crippen LogP contribution in [-0.2, 0) is 12.0 Å². The van der Waals surface area contributed by atoms with Crippen LogP contribution >= 0.6 is 12.4 Å². The smallest absolute Gasteiger partial charge is 0.0541 e. The molecule has 1 aliphatic carbocycles. The molecule has 1 aromatic rings. The van der Waals surface area contributed by atoms with E-state index in [0.717, 1.165) is 12.8 Å². The molecule has 90 valence electrons. The molecule has 2 atom stereocenters. The van der Waals surface area contributed by atoms with Gasteiger partial charge in [-0.25, -0.2) is 0 Å². The Morgan fingerprint density at radius 3 is 2.56 bits per heavy atom. The summed E-state index contributed by atoms with van der Waals surface area (Å²) in [7, 11) is 4.23. The van der Waals surface area contributed by atoms with Crippen molar-refractivity contribution in [1.82, 2.24) is 4.90 Å². The van der Waals surface area contributed by atoms with Crippen molar-refractivity contribution in [2.24, 2.45) is 5.73 Å². The van der Waals surface area contributed by atoms with Gasteiger partial charge < -0.3 is 10.6 Å². The Labute approximate surface area is 104 Å². The average molecular weight is 241 g/mol. The van der Waals surface area contributed by atoms with E-state index in [4.69, 9.17) is 5.73 Å². The van der Waals surface area contributed by atoms with Crippen LogP contribution in [0.4, 0.5) is 0 Å². The maximum atomic E-state index is 6.49. The monoisotopic (exact) mass is 240 g/mol. The molecule has 2 rings (SSSR count). The van der Waals surface area contributed by atoms with Gasteiger partial charge in [-0.15, -0.1) is 12.4 Å². The fourth-order valence-electron chi connectivity index (χ4n) is 2.83. The number of nitrogens with two attached hydrogens (primary N) is 1. The van der Waals surface area contributed by atoms with Gasteiger partial charge in [0.2, 0.25) is 0 Å². The first-order valence-electron chi connectivity index (χ1n) is 5.57. The molecule has 0 heterocycles. The minimum absolute atomic E-state index is 0. The summed E-state index contributed by atoms with van der Waals surface area (Å²) in [6, 6.07) is 9.00. The van der Waals surface area contributed by atoms with Gasteiger partial charge in [0.25, 0.3) is 0 Å². The molecular weight excluding hydrogens is 220 g/mol. The highest BCUT2D eigenvalue weighted by Crippen LogP contribution is 2.34. The summed E-state index contributed by atoms with van der Waals surface area (Å²) in [5.74, 6) is 0. The lowest BCUT2D eigenvalue weighted by atomic mass is 9.74. The number of nitrogens with zero attached hydrogens (tertiary/aromatic N) is 1. The Kier molecular flexibility index (Phi) is 4.00. The van der Waals surface area contributed by atoms with Crippen LogP contribution in [0, 0.1) is 0 Å². The fourth-order valence-corrected chi connectivity index (χ4v) is 2.83. The SMILES string of the molecule is CN(C)C1CCc2ccccc2C1(C)N.Cl. The van der Waals surface area contributed by atoms with Crippen molar-refractivity contribution < 1.29 is 0 Å². The minimum atomic E-state index is -0.224. The normalized spacial score (nSPS) is 28.4. The summed E-state index contributed by atoms with van der Waals surface area (Å²) in [5, 5.41) is 0. The first kappa shape index (κ1) is 13.5. The molecule has 0 aromatic heterocycles. The predicted octanol–water partition coefficient (Wildman–Crippen LogP) is 2.16. The number of benzene rings is 1. The van der Waals surface area contributed by atoms with Crippen LogP contribution in [-0.4, -0.2) is 25.0 Å². The molecule has 2 nitrogen and oxygen atoms in total. The van der Waals surface area contributed by atoms with Gasteiger partial charge in [-0.2, -0.15) is 0 Å². The number of fused-ring (bicyclic) bond motifs is 1. The van der Waals surface area contributed by atoms with E-state index in [0.29, 0.717) is 6.04 Å². The van der Waals surface area contributed by atoms with Crippen molar-refractivity contribution >= 4 is 12.4 Å².